The van der Waals surface area contributed by atoms with Crippen LogP contribution in [-0.4, -0.2) is 27.0 Å². The van der Waals surface area contributed by atoms with E-state index in [9.17, 15) is 14.9 Å². The van der Waals surface area contributed by atoms with Gasteiger partial charge in [-0.3, -0.25) is 14.9 Å². The first-order valence-corrected chi connectivity index (χ1v) is 4.10. The van der Waals surface area contributed by atoms with Crippen LogP contribution in [0, 0.1) is 10.1 Å². The predicted octanol–water partition coefficient (Wildman–Crippen LogP) is 0.875. The summed E-state index contributed by atoms with van der Waals surface area (Å²) in [4.78, 5) is 23.9. The maximum atomic E-state index is 10.5. The molecule has 0 bridgehead atoms. The van der Waals surface area contributed by atoms with Crippen LogP contribution in [0.2, 0.25) is 0 Å². The standard InChI is InChI=1S/C8H9N3O4/c1-5(8(12)13)10-7-3-2-6(4-9-7)11(14)15/h2-5H,1H3,(H,9,10)(H,12,13). The van der Waals surface area contributed by atoms with E-state index >= 15 is 0 Å². The summed E-state index contributed by atoms with van der Waals surface area (Å²) in [6, 6.07) is 1.82. The lowest BCUT2D eigenvalue weighted by atomic mass is 10.3. The Hall–Kier alpha value is -2.18. The summed E-state index contributed by atoms with van der Waals surface area (Å²) in [5, 5.41) is 21.5. The highest BCUT2D eigenvalue weighted by atomic mass is 16.6. The van der Waals surface area contributed by atoms with Gasteiger partial charge in [0.2, 0.25) is 0 Å². The molecule has 0 aromatic carbocycles. The van der Waals surface area contributed by atoms with Crippen LogP contribution in [0.4, 0.5) is 11.5 Å². The average molecular weight is 211 g/mol. The number of carbonyl (C=O) groups is 1. The lowest BCUT2D eigenvalue weighted by Crippen LogP contribution is -2.25. The summed E-state index contributed by atoms with van der Waals surface area (Å²) in [5.41, 5.74) is -0.136. The fourth-order valence-electron chi connectivity index (χ4n) is 0.863. The van der Waals surface area contributed by atoms with Crippen molar-refractivity contribution in [3.8, 4) is 0 Å². The number of nitrogens with zero attached hydrogens (tertiary/aromatic N) is 2. The van der Waals surface area contributed by atoms with Gasteiger partial charge < -0.3 is 10.4 Å². The van der Waals surface area contributed by atoms with Crippen molar-refractivity contribution in [2.75, 3.05) is 5.32 Å². The highest BCUT2D eigenvalue weighted by molar-refractivity contribution is 5.76. The molecule has 1 atom stereocenters. The van der Waals surface area contributed by atoms with Crippen LogP contribution in [0.25, 0.3) is 0 Å². The van der Waals surface area contributed by atoms with Crippen molar-refractivity contribution in [3.05, 3.63) is 28.4 Å². The number of pyridine rings is 1. The Morgan fingerprint density at radius 3 is 2.73 bits per heavy atom. The third-order valence-corrected chi connectivity index (χ3v) is 1.69. The molecule has 7 nitrogen and oxygen atoms in total. The molecule has 7 heteroatoms. The van der Waals surface area contributed by atoms with Gasteiger partial charge in [0.25, 0.3) is 5.69 Å². The van der Waals surface area contributed by atoms with Crippen molar-refractivity contribution in [2.45, 2.75) is 13.0 Å². The van der Waals surface area contributed by atoms with Gasteiger partial charge in [-0.05, 0) is 13.0 Å². The van der Waals surface area contributed by atoms with Crippen LogP contribution in [0.3, 0.4) is 0 Å². The van der Waals surface area contributed by atoms with Crippen molar-refractivity contribution in [3.63, 3.8) is 0 Å². The molecule has 15 heavy (non-hydrogen) atoms. The largest absolute Gasteiger partial charge is 0.480 e. The molecule has 2 N–H and O–H groups in total. The van der Waals surface area contributed by atoms with Crippen molar-refractivity contribution in [1.29, 1.82) is 0 Å². The third-order valence-electron chi connectivity index (χ3n) is 1.69. The molecule has 0 spiro atoms. The van der Waals surface area contributed by atoms with E-state index in [0.29, 0.717) is 0 Å². The molecular formula is C8H9N3O4. The molecule has 0 fully saturated rings. The normalized spacial score (nSPS) is 11.8. The summed E-state index contributed by atoms with van der Waals surface area (Å²) < 4.78 is 0. The molecule has 1 unspecified atom stereocenters. The third kappa shape index (κ3) is 2.90. The van der Waals surface area contributed by atoms with Crippen LogP contribution in [0.15, 0.2) is 18.3 Å². The van der Waals surface area contributed by atoms with Crippen LogP contribution >= 0.6 is 0 Å². The van der Waals surface area contributed by atoms with Gasteiger partial charge in [-0.2, -0.15) is 0 Å². The molecule has 80 valence electrons. The molecule has 0 radical (unpaired) electrons. The van der Waals surface area contributed by atoms with Gasteiger partial charge in [-0.25, -0.2) is 4.98 Å². The van der Waals surface area contributed by atoms with Gasteiger partial charge in [0, 0.05) is 6.07 Å². The van der Waals surface area contributed by atoms with Gasteiger partial charge in [0.1, 0.15) is 18.1 Å². The van der Waals surface area contributed by atoms with Crippen molar-refractivity contribution >= 4 is 17.5 Å². The Bertz CT molecular complexity index is 376. The van der Waals surface area contributed by atoms with Crippen LogP contribution in [0.5, 0.6) is 0 Å². The van der Waals surface area contributed by atoms with Crippen molar-refractivity contribution < 1.29 is 14.8 Å². The number of nitro groups is 1. The fourth-order valence-corrected chi connectivity index (χ4v) is 0.863. The minimum atomic E-state index is -1.02. The van der Waals surface area contributed by atoms with Gasteiger partial charge >= 0.3 is 5.97 Å². The monoisotopic (exact) mass is 211 g/mol. The number of rotatable bonds is 4. The molecular weight excluding hydrogens is 202 g/mol. The summed E-state index contributed by atoms with van der Waals surface area (Å²) in [5.74, 6) is -0.731. The second-order valence-electron chi connectivity index (χ2n) is 2.86. The number of carboxylic acid groups (broad SMARTS) is 1. The maximum absolute atomic E-state index is 10.5. The first kappa shape index (κ1) is 10.9. The number of aromatic nitrogens is 1. The molecule has 1 rings (SSSR count). The molecule has 0 aliphatic rings. The molecule has 0 saturated heterocycles. The molecule has 1 heterocycles. The Kier molecular flexibility index (Phi) is 3.17. The lowest BCUT2D eigenvalue weighted by Gasteiger charge is -2.08. The Morgan fingerprint density at radius 2 is 2.33 bits per heavy atom. The van der Waals surface area contributed by atoms with E-state index in [0.717, 1.165) is 6.20 Å². The van der Waals surface area contributed by atoms with Gasteiger partial charge in [-0.1, -0.05) is 0 Å². The van der Waals surface area contributed by atoms with E-state index in [1.165, 1.54) is 19.1 Å². The summed E-state index contributed by atoms with van der Waals surface area (Å²) >= 11 is 0. The summed E-state index contributed by atoms with van der Waals surface area (Å²) in [7, 11) is 0. The number of aliphatic carboxylic acids is 1. The molecule has 1 aromatic rings. The van der Waals surface area contributed by atoms with E-state index in [4.69, 9.17) is 5.11 Å². The smallest absolute Gasteiger partial charge is 0.325 e. The summed E-state index contributed by atoms with van der Waals surface area (Å²) in [6.45, 7) is 1.45. The Labute approximate surface area is 84.9 Å². The van der Waals surface area contributed by atoms with Gasteiger partial charge in [0.15, 0.2) is 0 Å². The zero-order valence-corrected chi connectivity index (χ0v) is 7.88. The molecule has 0 aliphatic heterocycles. The van der Waals surface area contributed by atoms with Crippen LogP contribution in [0.1, 0.15) is 6.92 Å². The number of carboxylic acids is 1. The Balaban J connectivity index is 2.72. The second kappa shape index (κ2) is 4.36. The van der Waals surface area contributed by atoms with Gasteiger partial charge in [0.05, 0.1) is 4.92 Å². The predicted molar refractivity (Wildman–Crippen MR) is 51.6 cm³/mol. The first-order valence-electron chi connectivity index (χ1n) is 4.10. The van der Waals surface area contributed by atoms with E-state index in [1.54, 1.807) is 0 Å². The van der Waals surface area contributed by atoms with Crippen molar-refractivity contribution in [1.82, 2.24) is 4.98 Å². The Morgan fingerprint density at radius 1 is 1.67 bits per heavy atom. The second-order valence-corrected chi connectivity index (χ2v) is 2.86. The van der Waals surface area contributed by atoms with Gasteiger partial charge in [-0.15, -0.1) is 0 Å². The summed E-state index contributed by atoms with van der Waals surface area (Å²) in [6.07, 6.45) is 1.07. The van der Waals surface area contributed by atoms with Crippen LogP contribution < -0.4 is 5.32 Å². The number of anilines is 1. The zero-order chi connectivity index (χ0) is 11.4. The molecule has 1 aromatic heterocycles. The number of hydrogen-bond donors (Lipinski definition) is 2. The highest BCUT2D eigenvalue weighted by Gasteiger charge is 2.11. The van der Waals surface area contributed by atoms with E-state index in [-0.39, 0.29) is 11.5 Å². The van der Waals surface area contributed by atoms with Crippen molar-refractivity contribution in [2.24, 2.45) is 0 Å². The SMILES string of the molecule is CC(Nc1ccc([N+](=O)[O-])cn1)C(=O)O. The number of nitrogens with one attached hydrogen (secondary N) is 1. The van der Waals surface area contributed by atoms with E-state index < -0.39 is 16.9 Å². The minimum Gasteiger partial charge on any atom is -0.480 e. The lowest BCUT2D eigenvalue weighted by molar-refractivity contribution is -0.385. The quantitative estimate of drug-likeness (QED) is 0.565. The number of hydrogen-bond acceptors (Lipinski definition) is 5. The molecule has 0 amide bonds. The van der Waals surface area contributed by atoms with E-state index in [2.05, 4.69) is 10.3 Å². The topological polar surface area (TPSA) is 105 Å². The average Bonchev–Trinajstić information content (AvgIpc) is 2.18. The first-order chi connectivity index (χ1) is 7.00. The van der Waals surface area contributed by atoms with E-state index in [1.807, 2.05) is 0 Å². The fraction of sp³-hybridized carbons (Fsp3) is 0.250. The minimum absolute atomic E-state index is 0.136. The molecule has 0 saturated carbocycles. The maximum Gasteiger partial charge on any atom is 0.325 e. The zero-order valence-electron chi connectivity index (χ0n) is 7.88. The highest BCUT2D eigenvalue weighted by Crippen LogP contribution is 2.12. The van der Waals surface area contributed by atoms with Crippen LogP contribution in [-0.2, 0) is 4.79 Å². The molecule has 0 aliphatic carbocycles.